The van der Waals surface area contributed by atoms with Gasteiger partial charge < -0.3 is 10.2 Å². The van der Waals surface area contributed by atoms with Crippen molar-refractivity contribution >= 4 is 22.5 Å². The van der Waals surface area contributed by atoms with Crippen molar-refractivity contribution in [3.8, 4) is 0 Å². The van der Waals surface area contributed by atoms with Gasteiger partial charge in [-0.2, -0.15) is 0 Å². The van der Waals surface area contributed by atoms with Gasteiger partial charge in [0.2, 0.25) is 0 Å². The number of rotatable bonds is 3. The fourth-order valence-corrected chi connectivity index (χ4v) is 4.47. The first-order valence-electron chi connectivity index (χ1n) is 9.70. The number of carboxylic acids is 1. The highest BCUT2D eigenvalue weighted by Crippen LogP contribution is 2.43. The molecule has 0 amide bonds. The van der Waals surface area contributed by atoms with Gasteiger partial charge in [0.05, 0.1) is 5.56 Å². The molecule has 0 heterocycles. The minimum Gasteiger partial charge on any atom is -0.478 e. The summed E-state index contributed by atoms with van der Waals surface area (Å²) in [5, 5.41) is 23.5. The summed E-state index contributed by atoms with van der Waals surface area (Å²) < 4.78 is 0. The Balaban J connectivity index is 1.76. The molecule has 1 unspecified atom stereocenters. The van der Waals surface area contributed by atoms with Crippen LogP contribution < -0.4 is 0 Å². The van der Waals surface area contributed by atoms with Crippen LogP contribution in [0, 0.1) is 0 Å². The van der Waals surface area contributed by atoms with E-state index in [2.05, 4.69) is 0 Å². The Morgan fingerprint density at radius 1 is 0.800 bits per heavy atom. The van der Waals surface area contributed by atoms with Crippen molar-refractivity contribution < 1.29 is 19.8 Å². The van der Waals surface area contributed by atoms with Gasteiger partial charge in [0.25, 0.3) is 0 Å². The van der Waals surface area contributed by atoms with E-state index in [9.17, 15) is 19.8 Å². The first kappa shape index (κ1) is 18.3. The number of carboxylic acid groups (broad SMARTS) is 1. The molecule has 0 bridgehead atoms. The molecule has 0 aromatic heterocycles. The zero-order valence-electron chi connectivity index (χ0n) is 16.0. The maximum atomic E-state index is 13.1. The number of fused-ring (bicyclic) bond motifs is 3. The molecule has 0 spiro atoms. The quantitative estimate of drug-likeness (QED) is 0.534. The van der Waals surface area contributed by atoms with E-state index in [1.165, 1.54) is 12.1 Å². The van der Waals surface area contributed by atoms with Gasteiger partial charge in [0.1, 0.15) is 5.60 Å². The minimum atomic E-state index is -1.46. The maximum absolute atomic E-state index is 13.1. The van der Waals surface area contributed by atoms with E-state index in [1.54, 1.807) is 30.3 Å². The maximum Gasteiger partial charge on any atom is 0.335 e. The number of benzene rings is 4. The summed E-state index contributed by atoms with van der Waals surface area (Å²) in [4.78, 5) is 24.6. The summed E-state index contributed by atoms with van der Waals surface area (Å²) in [6.07, 6.45) is 0.262. The van der Waals surface area contributed by atoms with Crippen LogP contribution in [0.3, 0.4) is 0 Å². The second-order valence-corrected chi connectivity index (χ2v) is 7.62. The Labute approximate surface area is 173 Å². The molecular formula is C26H18O4. The normalized spacial score (nSPS) is 17.4. The first-order valence-corrected chi connectivity index (χ1v) is 9.70. The molecule has 2 N–H and O–H groups in total. The number of carbonyl (C=O) groups excluding carboxylic acids is 1. The molecule has 0 aliphatic heterocycles. The Morgan fingerprint density at radius 2 is 1.50 bits per heavy atom. The van der Waals surface area contributed by atoms with E-state index in [0.29, 0.717) is 16.7 Å². The number of aliphatic hydroxyl groups is 1. The molecule has 146 valence electrons. The lowest BCUT2D eigenvalue weighted by molar-refractivity contribution is 0.0688. The van der Waals surface area contributed by atoms with Gasteiger partial charge in [0, 0.05) is 17.5 Å². The van der Waals surface area contributed by atoms with Crippen LogP contribution in [0.25, 0.3) is 10.8 Å². The molecule has 0 saturated heterocycles. The lowest BCUT2D eigenvalue weighted by Gasteiger charge is -2.36. The van der Waals surface area contributed by atoms with Gasteiger partial charge in [-0.25, -0.2) is 4.79 Å². The lowest BCUT2D eigenvalue weighted by atomic mass is 9.71. The molecule has 30 heavy (non-hydrogen) atoms. The summed E-state index contributed by atoms with van der Waals surface area (Å²) in [6.45, 7) is 0. The Hall–Kier alpha value is -3.76. The molecule has 4 aromatic rings. The number of carbonyl (C=O) groups is 2. The van der Waals surface area contributed by atoms with E-state index < -0.39 is 11.6 Å². The molecule has 1 aliphatic rings. The molecule has 4 aromatic carbocycles. The van der Waals surface area contributed by atoms with Crippen LogP contribution in [0.5, 0.6) is 0 Å². The fourth-order valence-electron chi connectivity index (χ4n) is 4.47. The summed E-state index contributed by atoms with van der Waals surface area (Å²) in [5.74, 6) is -1.38. The lowest BCUT2D eigenvalue weighted by Crippen LogP contribution is -2.37. The van der Waals surface area contributed by atoms with Crippen LogP contribution in [-0.4, -0.2) is 22.0 Å². The average Bonchev–Trinajstić information content (AvgIpc) is 2.77. The van der Waals surface area contributed by atoms with Gasteiger partial charge in [-0.05, 0) is 39.6 Å². The van der Waals surface area contributed by atoms with Crippen LogP contribution in [0.2, 0.25) is 0 Å². The number of hydrogen-bond donors (Lipinski definition) is 2. The van der Waals surface area contributed by atoms with Gasteiger partial charge in [-0.15, -0.1) is 0 Å². The first-order chi connectivity index (χ1) is 14.5. The molecule has 0 radical (unpaired) electrons. The molecule has 5 rings (SSSR count). The molecule has 0 fully saturated rings. The van der Waals surface area contributed by atoms with Gasteiger partial charge in [-0.3, -0.25) is 4.79 Å². The predicted octanol–water partition coefficient (Wildman–Crippen LogP) is 4.56. The SMILES string of the molecule is O=C(O)c1ccc2c(c1)C(=O)c1ccccc1C2(O)Cc1cccc2ccccc12. The molecule has 1 aliphatic carbocycles. The highest BCUT2D eigenvalue weighted by molar-refractivity contribution is 6.14. The van der Waals surface area contributed by atoms with E-state index in [4.69, 9.17) is 0 Å². The van der Waals surface area contributed by atoms with Crippen LogP contribution in [-0.2, 0) is 12.0 Å². The smallest absolute Gasteiger partial charge is 0.335 e. The Kier molecular flexibility index (Phi) is 4.05. The second-order valence-electron chi connectivity index (χ2n) is 7.62. The van der Waals surface area contributed by atoms with E-state index in [0.717, 1.165) is 16.3 Å². The van der Waals surface area contributed by atoms with Crippen LogP contribution >= 0.6 is 0 Å². The standard InChI is InChI=1S/C26H18O4/c27-24-20-10-3-4-11-22(20)26(30,23-13-12-17(25(28)29)14-21(23)24)15-18-8-5-7-16-6-1-2-9-19(16)18/h1-14,30H,15H2,(H,28,29). The summed E-state index contributed by atoms with van der Waals surface area (Å²) in [6, 6.07) is 25.3. The molecule has 0 saturated carbocycles. The third kappa shape index (κ3) is 2.65. The summed E-state index contributed by atoms with van der Waals surface area (Å²) in [5.41, 5.74) is 1.12. The predicted molar refractivity (Wildman–Crippen MR) is 114 cm³/mol. The van der Waals surface area contributed by atoms with E-state index >= 15 is 0 Å². The fraction of sp³-hybridized carbons (Fsp3) is 0.0769. The Bertz CT molecular complexity index is 1330. The average molecular weight is 394 g/mol. The Morgan fingerprint density at radius 3 is 2.33 bits per heavy atom. The highest BCUT2D eigenvalue weighted by Gasteiger charge is 2.42. The van der Waals surface area contributed by atoms with Gasteiger partial charge in [0.15, 0.2) is 5.78 Å². The third-order valence-electron chi connectivity index (χ3n) is 5.90. The number of aromatic carboxylic acids is 1. The zero-order valence-corrected chi connectivity index (χ0v) is 16.0. The van der Waals surface area contributed by atoms with Gasteiger partial charge >= 0.3 is 5.97 Å². The molecular weight excluding hydrogens is 376 g/mol. The summed E-state index contributed by atoms with van der Waals surface area (Å²) >= 11 is 0. The van der Waals surface area contributed by atoms with Crippen LogP contribution in [0.15, 0.2) is 84.9 Å². The zero-order chi connectivity index (χ0) is 20.9. The number of hydrogen-bond acceptors (Lipinski definition) is 3. The van der Waals surface area contributed by atoms with Gasteiger partial charge in [-0.1, -0.05) is 72.8 Å². The monoisotopic (exact) mass is 394 g/mol. The highest BCUT2D eigenvalue weighted by atomic mass is 16.4. The van der Waals surface area contributed by atoms with Crippen molar-refractivity contribution in [2.24, 2.45) is 0 Å². The minimum absolute atomic E-state index is 0.0222. The van der Waals surface area contributed by atoms with Crippen molar-refractivity contribution in [3.63, 3.8) is 0 Å². The summed E-state index contributed by atoms with van der Waals surface area (Å²) in [7, 11) is 0. The van der Waals surface area contributed by atoms with Crippen molar-refractivity contribution in [3.05, 3.63) is 118 Å². The van der Waals surface area contributed by atoms with Crippen molar-refractivity contribution in [1.82, 2.24) is 0 Å². The molecule has 4 heteroatoms. The van der Waals surface area contributed by atoms with E-state index in [-0.39, 0.29) is 23.3 Å². The largest absolute Gasteiger partial charge is 0.478 e. The second kappa shape index (κ2) is 6.65. The topological polar surface area (TPSA) is 74.6 Å². The van der Waals surface area contributed by atoms with Crippen molar-refractivity contribution in [1.29, 1.82) is 0 Å². The third-order valence-corrected chi connectivity index (χ3v) is 5.90. The van der Waals surface area contributed by atoms with Crippen molar-refractivity contribution in [2.45, 2.75) is 12.0 Å². The molecule has 4 nitrogen and oxygen atoms in total. The van der Waals surface area contributed by atoms with E-state index in [1.807, 2.05) is 42.5 Å². The number of ketones is 1. The van der Waals surface area contributed by atoms with Crippen LogP contribution in [0.4, 0.5) is 0 Å². The van der Waals surface area contributed by atoms with Crippen LogP contribution in [0.1, 0.15) is 43.0 Å². The molecule has 1 atom stereocenters. The van der Waals surface area contributed by atoms with Crippen molar-refractivity contribution in [2.75, 3.05) is 0 Å².